The van der Waals surface area contributed by atoms with Gasteiger partial charge in [0.2, 0.25) is 0 Å². The van der Waals surface area contributed by atoms with E-state index >= 15 is 8.78 Å². The largest absolute Gasteiger partial charge is 0.466 e. The average molecular weight is 465 g/mol. The Bertz CT molecular complexity index is 930. The van der Waals surface area contributed by atoms with E-state index in [-0.39, 0.29) is 17.6 Å². The van der Waals surface area contributed by atoms with Gasteiger partial charge in [-0.1, -0.05) is 0 Å². The summed E-state index contributed by atoms with van der Waals surface area (Å²) in [5, 5.41) is 0.846. The molecule has 0 radical (unpaired) electrons. The van der Waals surface area contributed by atoms with Crippen molar-refractivity contribution in [3.05, 3.63) is 34.5 Å². The van der Waals surface area contributed by atoms with Crippen LogP contribution in [0.25, 0.3) is 10.4 Å². The van der Waals surface area contributed by atoms with Gasteiger partial charge in [-0.2, -0.15) is 0 Å². The number of halogens is 2. The van der Waals surface area contributed by atoms with Gasteiger partial charge in [-0.05, 0) is 69.1 Å². The lowest BCUT2D eigenvalue weighted by Gasteiger charge is -2.33. The van der Waals surface area contributed by atoms with Crippen LogP contribution in [0.3, 0.4) is 0 Å². The van der Waals surface area contributed by atoms with Gasteiger partial charge in [0, 0.05) is 26.1 Å². The highest BCUT2D eigenvalue weighted by atomic mass is 32.1. The summed E-state index contributed by atoms with van der Waals surface area (Å²) in [6, 6.07) is 2.81. The summed E-state index contributed by atoms with van der Waals surface area (Å²) < 4.78 is 41.0. The Morgan fingerprint density at radius 3 is 2.47 bits per heavy atom. The number of aryl methyl sites for hydroxylation is 1. The summed E-state index contributed by atoms with van der Waals surface area (Å²) >= 11 is 1.43. The Balaban J connectivity index is 1.44. The molecule has 0 bridgehead atoms. The van der Waals surface area contributed by atoms with Gasteiger partial charge in [0.05, 0.1) is 28.8 Å². The molecule has 1 aromatic carbocycles. The number of hydrogen-bond donors (Lipinski definition) is 0. The number of piperidine rings is 1. The third-order valence-electron chi connectivity index (χ3n) is 6.06. The van der Waals surface area contributed by atoms with E-state index in [2.05, 4.69) is 4.98 Å². The summed E-state index contributed by atoms with van der Waals surface area (Å²) in [4.78, 5) is 18.7. The first-order valence-electron chi connectivity index (χ1n) is 11.4. The number of rotatable bonds is 9. The second-order valence-corrected chi connectivity index (χ2v) is 9.90. The lowest BCUT2D eigenvalue weighted by molar-refractivity contribution is -0.144. The molecule has 1 saturated heterocycles. The molecule has 2 fully saturated rings. The second-order valence-electron chi connectivity index (χ2n) is 8.70. The zero-order valence-corrected chi connectivity index (χ0v) is 19.5. The minimum Gasteiger partial charge on any atom is -0.466 e. The van der Waals surface area contributed by atoms with Gasteiger partial charge in [0.15, 0.2) is 0 Å². The first kappa shape index (κ1) is 23.1. The van der Waals surface area contributed by atoms with E-state index in [9.17, 15) is 4.79 Å². The Hall–Kier alpha value is -2.06. The van der Waals surface area contributed by atoms with Crippen LogP contribution >= 0.6 is 11.3 Å². The summed E-state index contributed by atoms with van der Waals surface area (Å²) in [5.41, 5.74) is 1.24. The summed E-state index contributed by atoms with van der Waals surface area (Å²) in [5.74, 6) is -0.508. The number of esters is 1. The minimum atomic E-state index is -0.570. The zero-order chi connectivity index (χ0) is 22.7. The van der Waals surface area contributed by atoms with Crippen molar-refractivity contribution in [3.8, 4) is 10.4 Å². The number of carbonyl (C=O) groups excluding carboxylic acids is 1. The maximum atomic E-state index is 15.1. The van der Waals surface area contributed by atoms with E-state index < -0.39 is 11.6 Å². The number of aromatic nitrogens is 1. The van der Waals surface area contributed by atoms with Crippen molar-refractivity contribution < 1.29 is 23.0 Å². The van der Waals surface area contributed by atoms with Gasteiger partial charge in [0.1, 0.15) is 17.3 Å². The molecule has 2 aliphatic rings. The third kappa shape index (κ3) is 5.64. The molecular formula is C24H30F2N2O3S. The van der Waals surface area contributed by atoms with Crippen LogP contribution in [-0.4, -0.2) is 37.3 Å². The Morgan fingerprint density at radius 1 is 1.16 bits per heavy atom. The fraction of sp³-hybridized carbons (Fsp3) is 0.583. The highest BCUT2D eigenvalue weighted by molar-refractivity contribution is 7.15. The van der Waals surface area contributed by atoms with Gasteiger partial charge in [-0.3, -0.25) is 4.79 Å². The smallest absolute Gasteiger partial charge is 0.306 e. The zero-order valence-electron chi connectivity index (χ0n) is 18.7. The van der Waals surface area contributed by atoms with Crippen molar-refractivity contribution in [2.45, 2.75) is 52.6 Å². The molecule has 8 heteroatoms. The third-order valence-corrected chi connectivity index (χ3v) is 7.13. The monoisotopic (exact) mass is 464 g/mol. The van der Waals surface area contributed by atoms with Crippen molar-refractivity contribution >= 4 is 23.0 Å². The molecule has 2 heterocycles. The predicted octanol–water partition coefficient (Wildman–Crippen LogP) is 5.49. The SMILES string of the molecule is CCOC(=O)CC1CCN(c2c(F)cc(-c3sc(C)nc3COCC3CC3)cc2F)CC1. The second kappa shape index (κ2) is 10.3. The molecule has 4 rings (SSSR count). The molecule has 0 spiro atoms. The highest BCUT2D eigenvalue weighted by Gasteiger charge is 2.27. The molecule has 1 saturated carbocycles. The van der Waals surface area contributed by atoms with Gasteiger partial charge >= 0.3 is 5.97 Å². The maximum Gasteiger partial charge on any atom is 0.306 e. The molecule has 5 nitrogen and oxygen atoms in total. The number of hydrogen-bond acceptors (Lipinski definition) is 6. The molecule has 174 valence electrons. The van der Waals surface area contributed by atoms with E-state index in [0.29, 0.717) is 63.7 Å². The fourth-order valence-corrected chi connectivity index (χ4v) is 5.12. The lowest BCUT2D eigenvalue weighted by Crippen LogP contribution is -2.35. The van der Waals surface area contributed by atoms with E-state index in [1.54, 1.807) is 11.8 Å². The quantitative estimate of drug-likeness (QED) is 0.459. The molecule has 1 aliphatic carbocycles. The van der Waals surface area contributed by atoms with Crippen LogP contribution in [0.1, 0.15) is 49.7 Å². The number of nitrogens with zero attached hydrogens (tertiary/aromatic N) is 2. The van der Waals surface area contributed by atoms with Crippen LogP contribution in [0.4, 0.5) is 14.5 Å². The van der Waals surface area contributed by atoms with Crippen molar-refractivity contribution in [2.75, 3.05) is 31.2 Å². The molecule has 1 aliphatic heterocycles. The van der Waals surface area contributed by atoms with Crippen molar-refractivity contribution in [1.82, 2.24) is 4.98 Å². The number of ether oxygens (including phenoxy) is 2. The molecule has 0 N–H and O–H groups in total. The standard InChI is InChI=1S/C24H30F2N2O3S/c1-3-31-22(29)10-16-6-8-28(9-7-16)23-19(25)11-18(12-20(23)26)24-21(27-15(2)32-24)14-30-13-17-4-5-17/h11-12,16-17H,3-10,13-14H2,1-2H3. The van der Waals surface area contributed by atoms with Crippen LogP contribution < -0.4 is 4.90 Å². The van der Waals surface area contributed by atoms with Crippen LogP contribution in [0.2, 0.25) is 0 Å². The van der Waals surface area contributed by atoms with Crippen molar-refractivity contribution in [2.24, 2.45) is 11.8 Å². The van der Waals surface area contributed by atoms with Gasteiger partial charge < -0.3 is 14.4 Å². The molecule has 32 heavy (non-hydrogen) atoms. The normalized spacial score (nSPS) is 17.1. The van der Waals surface area contributed by atoms with Crippen LogP contribution in [0.5, 0.6) is 0 Å². The topological polar surface area (TPSA) is 51.7 Å². The summed E-state index contributed by atoms with van der Waals surface area (Å²) in [6.45, 7) is 6.13. The van der Waals surface area contributed by atoms with Crippen LogP contribution in [-0.2, 0) is 20.9 Å². The van der Waals surface area contributed by atoms with Gasteiger partial charge in [-0.15, -0.1) is 11.3 Å². The molecule has 0 atom stereocenters. The van der Waals surface area contributed by atoms with E-state index in [1.807, 2.05) is 6.92 Å². The van der Waals surface area contributed by atoms with Crippen LogP contribution in [0, 0.1) is 30.4 Å². The van der Waals surface area contributed by atoms with E-state index in [0.717, 1.165) is 15.6 Å². The van der Waals surface area contributed by atoms with Gasteiger partial charge in [0.25, 0.3) is 0 Å². The van der Waals surface area contributed by atoms with Gasteiger partial charge in [-0.25, -0.2) is 13.8 Å². The minimum absolute atomic E-state index is 0.0103. The molecule has 0 amide bonds. The molecule has 0 unspecified atom stereocenters. The average Bonchev–Trinajstić information content (AvgIpc) is 3.49. The Morgan fingerprint density at radius 2 is 1.84 bits per heavy atom. The number of benzene rings is 1. The fourth-order valence-electron chi connectivity index (χ4n) is 4.22. The summed E-state index contributed by atoms with van der Waals surface area (Å²) in [6.07, 6.45) is 4.19. The Labute approximate surface area is 191 Å². The first-order chi connectivity index (χ1) is 15.4. The van der Waals surface area contributed by atoms with Crippen LogP contribution in [0.15, 0.2) is 12.1 Å². The summed E-state index contributed by atoms with van der Waals surface area (Å²) in [7, 11) is 0. The number of anilines is 1. The van der Waals surface area contributed by atoms with Crippen molar-refractivity contribution in [1.29, 1.82) is 0 Å². The molecular weight excluding hydrogens is 434 g/mol. The predicted molar refractivity (Wildman–Crippen MR) is 121 cm³/mol. The van der Waals surface area contributed by atoms with E-state index in [4.69, 9.17) is 9.47 Å². The van der Waals surface area contributed by atoms with Crippen molar-refractivity contribution in [3.63, 3.8) is 0 Å². The lowest BCUT2D eigenvalue weighted by atomic mass is 9.93. The number of thiazole rings is 1. The maximum absolute atomic E-state index is 15.1. The molecule has 2 aromatic rings. The highest BCUT2D eigenvalue weighted by Crippen LogP contribution is 2.37. The van der Waals surface area contributed by atoms with E-state index in [1.165, 1.54) is 36.3 Å². The molecule has 1 aromatic heterocycles. The Kier molecular flexibility index (Phi) is 7.40. The first-order valence-corrected chi connectivity index (χ1v) is 12.2. The number of carbonyl (C=O) groups is 1.